The van der Waals surface area contributed by atoms with Gasteiger partial charge >= 0.3 is 0 Å². The van der Waals surface area contributed by atoms with Crippen LogP contribution in [0.25, 0.3) is 0 Å². The van der Waals surface area contributed by atoms with Gasteiger partial charge in [0.15, 0.2) is 5.16 Å². The molecule has 0 atom stereocenters. The molecule has 0 radical (unpaired) electrons. The van der Waals surface area contributed by atoms with Crippen LogP contribution in [-0.4, -0.2) is 38.8 Å². The summed E-state index contributed by atoms with van der Waals surface area (Å²) in [4.78, 5) is 28.4. The minimum absolute atomic E-state index is 0.0678. The van der Waals surface area contributed by atoms with Crippen molar-refractivity contribution in [3.63, 3.8) is 0 Å². The third-order valence-electron chi connectivity index (χ3n) is 3.92. The molecule has 1 heterocycles. The largest absolute Gasteiger partial charge is 0.390 e. The molecule has 27 heavy (non-hydrogen) atoms. The summed E-state index contributed by atoms with van der Waals surface area (Å²) in [6.45, 7) is 4.51. The average Bonchev–Trinajstić information content (AvgIpc) is 3.06. The second-order valence-electron chi connectivity index (χ2n) is 6.01. The molecule has 0 spiro atoms. The number of hydrogen-bond acceptors (Lipinski definition) is 5. The Kier molecular flexibility index (Phi) is 8.35. The van der Waals surface area contributed by atoms with Gasteiger partial charge in [-0.15, -0.1) is 0 Å². The number of aromatic nitrogens is 2. The topological polar surface area (TPSA) is 96.2 Å². The highest BCUT2D eigenvalue weighted by Crippen LogP contribution is 2.19. The van der Waals surface area contributed by atoms with Crippen molar-refractivity contribution in [3.05, 3.63) is 41.7 Å². The molecule has 0 saturated carbocycles. The Labute approximate surface area is 163 Å². The predicted octanol–water partition coefficient (Wildman–Crippen LogP) is 2.19. The number of anilines is 1. The van der Waals surface area contributed by atoms with Crippen LogP contribution in [0, 0.1) is 0 Å². The molecule has 0 unspecified atom stereocenters. The third-order valence-corrected chi connectivity index (χ3v) is 4.91. The van der Waals surface area contributed by atoms with E-state index < -0.39 is 0 Å². The van der Waals surface area contributed by atoms with Crippen molar-refractivity contribution < 1.29 is 14.7 Å². The lowest BCUT2D eigenvalue weighted by Crippen LogP contribution is -2.29. The van der Waals surface area contributed by atoms with Gasteiger partial charge in [0.25, 0.3) is 0 Å². The minimum atomic E-state index is -0.218. The number of benzene rings is 1. The molecule has 0 fully saturated rings. The number of thioether (sulfide) groups is 1. The highest BCUT2D eigenvalue weighted by molar-refractivity contribution is 7.99. The summed E-state index contributed by atoms with van der Waals surface area (Å²) >= 11 is 1.23. The standard InChI is InChI=1S/C19H26N4O3S/c1-3-9-20-17(25)11-23-16(12-24)10-21-19(23)27-13-18(26)22-15-7-5-14(4-2)6-8-15/h5-8,10,24H,3-4,9,11-13H2,1-2H3,(H,20,25)(H,22,26). The quantitative estimate of drug-likeness (QED) is 0.541. The zero-order valence-electron chi connectivity index (χ0n) is 15.7. The van der Waals surface area contributed by atoms with Gasteiger partial charge in [0, 0.05) is 12.2 Å². The maximum atomic E-state index is 12.2. The Balaban J connectivity index is 1.94. The number of aliphatic hydroxyl groups is 1. The van der Waals surface area contributed by atoms with Crippen molar-refractivity contribution in [2.45, 2.75) is 45.0 Å². The molecule has 0 aliphatic carbocycles. The van der Waals surface area contributed by atoms with Gasteiger partial charge in [-0.1, -0.05) is 37.7 Å². The van der Waals surface area contributed by atoms with Crippen molar-refractivity contribution in [2.75, 3.05) is 17.6 Å². The summed E-state index contributed by atoms with van der Waals surface area (Å²) < 4.78 is 1.64. The lowest BCUT2D eigenvalue weighted by molar-refractivity contribution is -0.121. The van der Waals surface area contributed by atoms with Crippen LogP contribution < -0.4 is 10.6 Å². The Hall–Kier alpha value is -2.32. The summed E-state index contributed by atoms with van der Waals surface area (Å²) in [5, 5.41) is 15.6. The molecule has 146 valence electrons. The molecule has 2 aromatic rings. The van der Waals surface area contributed by atoms with E-state index >= 15 is 0 Å². The van der Waals surface area contributed by atoms with Gasteiger partial charge in [-0.3, -0.25) is 9.59 Å². The highest BCUT2D eigenvalue weighted by atomic mass is 32.2. The molecular formula is C19H26N4O3S. The second-order valence-corrected chi connectivity index (χ2v) is 6.96. The van der Waals surface area contributed by atoms with Crippen LogP contribution >= 0.6 is 11.8 Å². The van der Waals surface area contributed by atoms with Crippen molar-refractivity contribution in [2.24, 2.45) is 0 Å². The van der Waals surface area contributed by atoms with Gasteiger partial charge in [-0.25, -0.2) is 4.98 Å². The molecule has 0 bridgehead atoms. The fourth-order valence-corrected chi connectivity index (χ4v) is 3.21. The van der Waals surface area contributed by atoms with Crippen LogP contribution in [0.5, 0.6) is 0 Å². The molecule has 1 aromatic heterocycles. The highest BCUT2D eigenvalue weighted by Gasteiger charge is 2.15. The molecule has 3 N–H and O–H groups in total. The number of imidazole rings is 1. The summed E-state index contributed by atoms with van der Waals surface area (Å²) in [6, 6.07) is 7.73. The first-order valence-corrected chi connectivity index (χ1v) is 9.99. The molecular weight excluding hydrogens is 364 g/mol. The molecule has 8 heteroatoms. The van der Waals surface area contributed by atoms with Crippen LogP contribution in [-0.2, 0) is 29.2 Å². The van der Waals surface area contributed by atoms with Crippen molar-refractivity contribution >= 4 is 29.3 Å². The zero-order valence-corrected chi connectivity index (χ0v) is 16.5. The number of aliphatic hydroxyl groups excluding tert-OH is 1. The van der Waals surface area contributed by atoms with Crippen molar-refractivity contribution in [3.8, 4) is 0 Å². The van der Waals surface area contributed by atoms with Crippen molar-refractivity contribution in [1.82, 2.24) is 14.9 Å². The number of nitrogens with zero attached hydrogens (tertiary/aromatic N) is 2. The van der Waals surface area contributed by atoms with Gasteiger partial charge in [0.2, 0.25) is 11.8 Å². The van der Waals surface area contributed by atoms with E-state index in [0.717, 1.165) is 18.5 Å². The number of carbonyl (C=O) groups is 2. The lowest BCUT2D eigenvalue weighted by Gasteiger charge is -2.11. The summed E-state index contributed by atoms with van der Waals surface area (Å²) in [7, 11) is 0. The Bertz CT molecular complexity index is 759. The van der Waals surface area contributed by atoms with Gasteiger partial charge < -0.3 is 20.3 Å². The molecule has 2 rings (SSSR count). The van der Waals surface area contributed by atoms with E-state index in [1.54, 1.807) is 4.57 Å². The zero-order chi connectivity index (χ0) is 19.6. The van der Waals surface area contributed by atoms with Crippen LogP contribution in [0.3, 0.4) is 0 Å². The maximum Gasteiger partial charge on any atom is 0.240 e. The van der Waals surface area contributed by atoms with E-state index in [0.29, 0.717) is 17.4 Å². The Morgan fingerprint density at radius 1 is 1.19 bits per heavy atom. The Morgan fingerprint density at radius 2 is 1.93 bits per heavy atom. The van der Waals surface area contributed by atoms with Crippen LogP contribution in [0.2, 0.25) is 0 Å². The lowest BCUT2D eigenvalue weighted by atomic mass is 10.1. The number of carbonyl (C=O) groups excluding carboxylic acids is 2. The van der Waals surface area contributed by atoms with E-state index in [2.05, 4.69) is 22.5 Å². The molecule has 0 aliphatic rings. The molecule has 7 nitrogen and oxygen atoms in total. The van der Waals surface area contributed by atoms with Crippen molar-refractivity contribution in [1.29, 1.82) is 0 Å². The molecule has 2 amide bonds. The van der Waals surface area contributed by atoms with E-state index in [1.807, 2.05) is 31.2 Å². The van der Waals surface area contributed by atoms with Crippen LogP contribution in [0.4, 0.5) is 5.69 Å². The maximum absolute atomic E-state index is 12.2. The van der Waals surface area contributed by atoms with Gasteiger partial charge in [0.05, 0.1) is 24.3 Å². The third kappa shape index (κ3) is 6.41. The van der Waals surface area contributed by atoms with Crippen LogP contribution in [0.15, 0.2) is 35.6 Å². The number of amides is 2. The fraction of sp³-hybridized carbons (Fsp3) is 0.421. The Morgan fingerprint density at radius 3 is 2.56 bits per heavy atom. The van der Waals surface area contributed by atoms with E-state index in [-0.39, 0.29) is 30.7 Å². The van der Waals surface area contributed by atoms with E-state index in [9.17, 15) is 14.7 Å². The smallest absolute Gasteiger partial charge is 0.240 e. The van der Waals surface area contributed by atoms with Gasteiger partial charge in [-0.2, -0.15) is 0 Å². The molecule has 0 saturated heterocycles. The van der Waals surface area contributed by atoms with E-state index in [1.165, 1.54) is 23.5 Å². The second kappa shape index (κ2) is 10.7. The molecule has 1 aromatic carbocycles. The first-order chi connectivity index (χ1) is 13.1. The number of nitrogens with one attached hydrogen (secondary N) is 2. The van der Waals surface area contributed by atoms with Gasteiger partial charge in [-0.05, 0) is 30.5 Å². The van der Waals surface area contributed by atoms with Gasteiger partial charge in [0.1, 0.15) is 6.54 Å². The number of hydrogen-bond donors (Lipinski definition) is 3. The monoisotopic (exact) mass is 390 g/mol. The first-order valence-electron chi connectivity index (χ1n) is 9.00. The fourth-order valence-electron chi connectivity index (χ4n) is 2.42. The molecule has 0 aliphatic heterocycles. The SMILES string of the molecule is CCCNC(=O)Cn1c(CO)cnc1SCC(=O)Nc1ccc(CC)cc1. The average molecular weight is 391 g/mol. The number of aryl methyl sites for hydroxylation is 1. The minimum Gasteiger partial charge on any atom is -0.390 e. The van der Waals surface area contributed by atoms with Crippen LogP contribution in [0.1, 0.15) is 31.5 Å². The number of rotatable bonds is 10. The summed E-state index contributed by atoms with van der Waals surface area (Å²) in [6.07, 6.45) is 3.33. The summed E-state index contributed by atoms with van der Waals surface area (Å²) in [5.41, 5.74) is 2.50. The summed E-state index contributed by atoms with van der Waals surface area (Å²) in [5.74, 6) is -0.139. The van der Waals surface area contributed by atoms with E-state index in [4.69, 9.17) is 0 Å². The predicted molar refractivity (Wildman–Crippen MR) is 107 cm³/mol. The first kappa shape index (κ1) is 21.0. The normalized spacial score (nSPS) is 10.6.